The van der Waals surface area contributed by atoms with Crippen molar-refractivity contribution in [2.45, 2.75) is 25.4 Å². The number of aliphatic carboxylic acids is 1. The van der Waals surface area contributed by atoms with Crippen LogP contribution >= 0.6 is 18.7 Å². The van der Waals surface area contributed by atoms with Gasteiger partial charge in [0.05, 0.1) is 17.4 Å². The first kappa shape index (κ1) is 16.0. The highest BCUT2D eigenvalue weighted by Gasteiger charge is 2.31. The van der Waals surface area contributed by atoms with Gasteiger partial charge in [-0.3, -0.25) is 9.36 Å². The Morgan fingerprint density at radius 3 is 2.52 bits per heavy atom. The minimum Gasteiger partial charge on any atom is -0.481 e. The van der Waals surface area contributed by atoms with Crippen LogP contribution in [0.1, 0.15) is 30.4 Å². The Hall–Kier alpha value is -1.42. The van der Waals surface area contributed by atoms with Crippen molar-refractivity contribution < 1.29 is 19.4 Å². The summed E-state index contributed by atoms with van der Waals surface area (Å²) in [7, 11) is -3.62. The highest BCUT2D eigenvalue weighted by Crippen LogP contribution is 2.46. The quantitative estimate of drug-likeness (QED) is 0.798. The molecule has 0 bridgehead atoms. The van der Waals surface area contributed by atoms with Gasteiger partial charge in [0.15, 0.2) is 0 Å². The largest absolute Gasteiger partial charge is 0.481 e. The Bertz CT molecular complexity index is 665. The minimum absolute atomic E-state index is 0.0215. The van der Waals surface area contributed by atoms with E-state index in [9.17, 15) is 19.4 Å². The molecule has 0 saturated carbocycles. The number of hydrogen-bond acceptors (Lipinski definition) is 3. The molecule has 0 aliphatic rings. The molecule has 4 nitrogen and oxygen atoms in total. The van der Waals surface area contributed by atoms with E-state index < -0.39 is 19.3 Å². The van der Waals surface area contributed by atoms with Crippen molar-refractivity contribution in [1.29, 1.82) is 0 Å². The van der Waals surface area contributed by atoms with Crippen LogP contribution in [-0.4, -0.2) is 16.0 Å². The fourth-order valence-electron chi connectivity index (χ4n) is 2.29. The first-order valence-electron chi connectivity index (χ1n) is 6.61. The summed E-state index contributed by atoms with van der Waals surface area (Å²) in [6.45, 7) is 1.76. The molecule has 0 fully saturated rings. The third-order valence-electron chi connectivity index (χ3n) is 3.37. The molecule has 21 heavy (non-hydrogen) atoms. The minimum atomic E-state index is -3.62. The molecule has 1 aromatic carbocycles. The highest BCUT2D eigenvalue weighted by atomic mass is 32.1. The Labute approximate surface area is 127 Å². The molecule has 2 atom stereocenters. The van der Waals surface area contributed by atoms with Gasteiger partial charge < -0.3 is 10.00 Å². The molecule has 2 N–H and O–H groups in total. The number of rotatable bonds is 6. The lowest BCUT2D eigenvalue weighted by Gasteiger charge is -2.16. The van der Waals surface area contributed by atoms with Gasteiger partial charge in [0.25, 0.3) is 0 Å². The summed E-state index contributed by atoms with van der Waals surface area (Å²) in [6, 6.07) is 9.07. The molecule has 2 rings (SSSR count). The van der Waals surface area contributed by atoms with Gasteiger partial charge in [-0.2, -0.15) is 11.3 Å². The second-order valence-corrected chi connectivity index (χ2v) is 7.80. The standard InChI is InChI=1S/C15H17O4PS/c1-2-12(15(16)17)13-9-21-10-14(13)20(18,19)8-11-6-4-3-5-7-11/h3-7,9-10,12H,2,8H2,1H3,(H,16,17)(H,18,19). The second kappa shape index (κ2) is 6.56. The lowest BCUT2D eigenvalue weighted by Crippen LogP contribution is -2.18. The summed E-state index contributed by atoms with van der Waals surface area (Å²) in [6.07, 6.45) is 0.415. The van der Waals surface area contributed by atoms with Crippen LogP contribution in [0.15, 0.2) is 41.1 Å². The lowest BCUT2D eigenvalue weighted by atomic mass is 10.00. The second-order valence-electron chi connectivity index (χ2n) is 4.86. The average Bonchev–Trinajstić information content (AvgIpc) is 2.90. The van der Waals surface area contributed by atoms with Crippen LogP contribution in [0.4, 0.5) is 0 Å². The SMILES string of the molecule is CCC(C(=O)O)c1cscc1P(=O)(O)Cc1ccccc1. The van der Waals surface area contributed by atoms with Crippen molar-refractivity contribution in [2.24, 2.45) is 0 Å². The number of carbonyl (C=O) groups is 1. The van der Waals surface area contributed by atoms with Gasteiger partial charge in [-0.05, 0) is 22.9 Å². The van der Waals surface area contributed by atoms with Crippen molar-refractivity contribution in [3.05, 3.63) is 52.2 Å². The van der Waals surface area contributed by atoms with Crippen LogP contribution in [0, 0.1) is 0 Å². The molecular weight excluding hydrogens is 307 g/mol. The summed E-state index contributed by atoms with van der Waals surface area (Å²) >= 11 is 1.27. The molecule has 0 radical (unpaired) electrons. The molecule has 2 unspecified atom stereocenters. The maximum atomic E-state index is 12.7. The Morgan fingerprint density at radius 1 is 1.29 bits per heavy atom. The van der Waals surface area contributed by atoms with E-state index in [-0.39, 0.29) is 11.5 Å². The fraction of sp³-hybridized carbons (Fsp3) is 0.267. The van der Waals surface area contributed by atoms with Gasteiger partial charge in [0.2, 0.25) is 7.37 Å². The summed E-state index contributed by atoms with van der Waals surface area (Å²) in [5.74, 6) is -1.70. The summed E-state index contributed by atoms with van der Waals surface area (Å²) in [4.78, 5) is 21.7. The van der Waals surface area contributed by atoms with E-state index in [0.29, 0.717) is 12.0 Å². The van der Waals surface area contributed by atoms with Gasteiger partial charge in [-0.25, -0.2) is 0 Å². The van der Waals surface area contributed by atoms with Crippen molar-refractivity contribution in [1.82, 2.24) is 0 Å². The van der Waals surface area contributed by atoms with Gasteiger partial charge in [0, 0.05) is 5.38 Å². The number of carboxylic acids is 1. The molecule has 6 heteroatoms. The smallest absolute Gasteiger partial charge is 0.311 e. The van der Waals surface area contributed by atoms with Gasteiger partial charge in [-0.1, -0.05) is 37.3 Å². The van der Waals surface area contributed by atoms with E-state index in [1.165, 1.54) is 11.3 Å². The summed E-state index contributed by atoms with van der Waals surface area (Å²) in [5, 5.41) is 12.8. The molecule has 112 valence electrons. The predicted octanol–water partition coefficient (Wildman–Crippen LogP) is 3.42. The predicted molar refractivity (Wildman–Crippen MR) is 84.6 cm³/mol. The number of benzene rings is 1. The average molecular weight is 324 g/mol. The van der Waals surface area contributed by atoms with Gasteiger partial charge >= 0.3 is 5.97 Å². The molecule has 0 aliphatic carbocycles. The number of hydrogen-bond donors (Lipinski definition) is 2. The molecular formula is C15H17O4PS. The number of thiophene rings is 1. The molecule has 0 saturated heterocycles. The zero-order valence-corrected chi connectivity index (χ0v) is 13.3. The summed E-state index contributed by atoms with van der Waals surface area (Å²) < 4.78 is 12.7. The third-order valence-corrected chi connectivity index (χ3v) is 6.24. The van der Waals surface area contributed by atoms with E-state index in [0.717, 1.165) is 5.56 Å². The van der Waals surface area contributed by atoms with E-state index in [4.69, 9.17) is 0 Å². The van der Waals surface area contributed by atoms with Crippen LogP contribution in [0.2, 0.25) is 0 Å². The zero-order valence-electron chi connectivity index (χ0n) is 11.6. The molecule has 1 aromatic heterocycles. The Kier molecular flexibility index (Phi) is 4.99. The van der Waals surface area contributed by atoms with Crippen molar-refractivity contribution in [3.63, 3.8) is 0 Å². The maximum Gasteiger partial charge on any atom is 0.311 e. The molecule has 0 spiro atoms. The first-order chi connectivity index (χ1) is 9.95. The topological polar surface area (TPSA) is 74.6 Å². The molecule has 2 aromatic rings. The third kappa shape index (κ3) is 3.62. The van der Waals surface area contributed by atoms with Crippen molar-refractivity contribution in [3.8, 4) is 0 Å². The Balaban J connectivity index is 2.35. The normalized spacial score (nSPS) is 15.3. The van der Waals surface area contributed by atoms with Gasteiger partial charge in [0.1, 0.15) is 0 Å². The first-order valence-corrected chi connectivity index (χ1v) is 9.39. The van der Waals surface area contributed by atoms with Crippen molar-refractivity contribution in [2.75, 3.05) is 0 Å². The van der Waals surface area contributed by atoms with Crippen LogP contribution in [0.25, 0.3) is 0 Å². The van der Waals surface area contributed by atoms with Crippen LogP contribution in [0.5, 0.6) is 0 Å². The van der Waals surface area contributed by atoms with E-state index in [1.807, 2.05) is 18.2 Å². The monoisotopic (exact) mass is 324 g/mol. The summed E-state index contributed by atoms with van der Waals surface area (Å²) in [5.41, 5.74) is 1.24. The zero-order chi connectivity index (χ0) is 15.5. The number of carboxylic acid groups (broad SMARTS) is 1. The Morgan fingerprint density at radius 2 is 1.95 bits per heavy atom. The van der Waals surface area contributed by atoms with E-state index in [1.54, 1.807) is 29.8 Å². The molecule has 0 amide bonds. The lowest BCUT2D eigenvalue weighted by molar-refractivity contribution is -0.138. The molecule has 1 heterocycles. The maximum absolute atomic E-state index is 12.7. The van der Waals surface area contributed by atoms with E-state index in [2.05, 4.69) is 0 Å². The van der Waals surface area contributed by atoms with Crippen LogP contribution in [-0.2, 0) is 15.5 Å². The highest BCUT2D eigenvalue weighted by molar-refractivity contribution is 7.65. The van der Waals surface area contributed by atoms with Crippen LogP contribution in [0.3, 0.4) is 0 Å². The van der Waals surface area contributed by atoms with Gasteiger partial charge in [-0.15, -0.1) is 0 Å². The van der Waals surface area contributed by atoms with E-state index >= 15 is 0 Å². The fourth-order valence-corrected chi connectivity index (χ4v) is 5.49. The van der Waals surface area contributed by atoms with Crippen LogP contribution < -0.4 is 5.30 Å². The van der Waals surface area contributed by atoms with Crippen molar-refractivity contribution >= 4 is 30.0 Å². The molecule has 0 aliphatic heterocycles.